The summed E-state index contributed by atoms with van der Waals surface area (Å²) in [5.41, 5.74) is 6.81. The van der Waals surface area contributed by atoms with Crippen molar-refractivity contribution >= 4 is 34.1 Å². The Bertz CT molecular complexity index is 665. The van der Waals surface area contributed by atoms with Gasteiger partial charge in [0.05, 0.1) is 5.75 Å². The average Bonchev–Trinajstić information content (AvgIpc) is 2.87. The first-order valence-corrected chi connectivity index (χ1v) is 9.62. The van der Waals surface area contributed by atoms with Crippen LogP contribution >= 0.6 is 23.1 Å². The van der Waals surface area contributed by atoms with Gasteiger partial charge < -0.3 is 10.6 Å². The number of thioether (sulfide) groups is 1. The molecule has 0 saturated carbocycles. The Kier molecular flexibility index (Phi) is 6.00. The van der Waals surface area contributed by atoms with Crippen molar-refractivity contribution in [1.29, 1.82) is 0 Å². The van der Waals surface area contributed by atoms with Crippen molar-refractivity contribution in [3.8, 4) is 0 Å². The second-order valence-electron chi connectivity index (χ2n) is 5.56. The molecule has 2 aromatic rings. The third-order valence-corrected chi connectivity index (χ3v) is 5.71. The molecule has 0 aromatic carbocycles. The topological polar surface area (TPSA) is 88.2 Å². The molecule has 1 aliphatic heterocycles. The summed E-state index contributed by atoms with van der Waals surface area (Å²) in [4.78, 5) is 20.8. The molecule has 0 spiro atoms. The molecule has 2 aromatic heterocycles. The zero-order valence-electron chi connectivity index (χ0n) is 13.3. The number of carbonyl (C=O) groups excluding carboxylic acids is 1. The first-order chi connectivity index (χ1) is 11.7. The van der Waals surface area contributed by atoms with Crippen molar-refractivity contribution in [3.05, 3.63) is 30.1 Å². The summed E-state index contributed by atoms with van der Waals surface area (Å²) in [5.74, 6) is 0.540. The molecule has 7 nitrogen and oxygen atoms in total. The number of hydrogen-bond acceptors (Lipinski definition) is 8. The first kappa shape index (κ1) is 17.1. The summed E-state index contributed by atoms with van der Waals surface area (Å²) in [5, 5.41) is 8.13. The van der Waals surface area contributed by atoms with E-state index < -0.39 is 0 Å². The van der Waals surface area contributed by atoms with E-state index in [0.717, 1.165) is 43.5 Å². The van der Waals surface area contributed by atoms with Crippen molar-refractivity contribution in [1.82, 2.24) is 25.0 Å². The molecule has 3 rings (SSSR count). The van der Waals surface area contributed by atoms with Gasteiger partial charge in [-0.05, 0) is 24.1 Å². The van der Waals surface area contributed by atoms with E-state index in [0.29, 0.717) is 10.9 Å². The number of carbonyl (C=O) groups is 1. The fourth-order valence-corrected chi connectivity index (χ4v) is 4.16. The minimum Gasteiger partial charge on any atom is -0.374 e. The second kappa shape index (κ2) is 8.41. The summed E-state index contributed by atoms with van der Waals surface area (Å²) >= 11 is 2.72. The van der Waals surface area contributed by atoms with Crippen LogP contribution in [0, 0.1) is 0 Å². The summed E-state index contributed by atoms with van der Waals surface area (Å²) in [6.07, 6.45) is 4.63. The molecule has 0 atom stereocenters. The Labute approximate surface area is 149 Å². The lowest BCUT2D eigenvalue weighted by Crippen LogP contribution is -2.36. The molecule has 1 saturated heterocycles. The molecule has 128 valence electrons. The lowest BCUT2D eigenvalue weighted by Gasteiger charge is -2.21. The SMILES string of the molecule is Nc1nnc(SCC(=O)N2CCCN(Cc3ccncc3)CC2)s1. The van der Waals surface area contributed by atoms with Gasteiger partial charge in [-0.15, -0.1) is 10.2 Å². The lowest BCUT2D eigenvalue weighted by atomic mass is 10.2. The molecule has 0 aliphatic carbocycles. The molecule has 3 heterocycles. The number of pyridine rings is 1. The molecule has 2 N–H and O–H groups in total. The number of amides is 1. The van der Waals surface area contributed by atoms with E-state index in [1.165, 1.54) is 28.7 Å². The Morgan fingerprint density at radius 2 is 2.04 bits per heavy atom. The maximum Gasteiger partial charge on any atom is 0.233 e. The predicted octanol–water partition coefficient (Wildman–Crippen LogP) is 1.34. The van der Waals surface area contributed by atoms with Crippen LogP contribution in [0.2, 0.25) is 0 Å². The molecule has 0 radical (unpaired) electrons. The Hall–Kier alpha value is -1.71. The van der Waals surface area contributed by atoms with Gasteiger partial charge in [0.2, 0.25) is 11.0 Å². The molecule has 0 bridgehead atoms. The van der Waals surface area contributed by atoms with E-state index in [1.807, 2.05) is 29.4 Å². The van der Waals surface area contributed by atoms with Gasteiger partial charge in [-0.2, -0.15) is 0 Å². The largest absolute Gasteiger partial charge is 0.374 e. The maximum absolute atomic E-state index is 12.4. The highest BCUT2D eigenvalue weighted by Gasteiger charge is 2.19. The molecule has 1 aliphatic rings. The maximum atomic E-state index is 12.4. The van der Waals surface area contributed by atoms with Crippen LogP contribution in [0.3, 0.4) is 0 Å². The number of aromatic nitrogens is 3. The van der Waals surface area contributed by atoms with Crippen LogP contribution < -0.4 is 5.73 Å². The number of nitrogens with two attached hydrogens (primary N) is 1. The standard InChI is InChI=1S/C15H20N6OS2/c16-14-18-19-15(24-14)23-11-13(22)21-7-1-6-20(8-9-21)10-12-2-4-17-5-3-12/h2-5H,1,6-11H2,(H2,16,18). The van der Waals surface area contributed by atoms with Gasteiger partial charge in [0, 0.05) is 45.1 Å². The van der Waals surface area contributed by atoms with E-state index in [4.69, 9.17) is 5.73 Å². The van der Waals surface area contributed by atoms with Crippen LogP contribution in [0.1, 0.15) is 12.0 Å². The number of hydrogen-bond donors (Lipinski definition) is 1. The van der Waals surface area contributed by atoms with Crippen molar-refractivity contribution < 1.29 is 4.79 Å². The minimum absolute atomic E-state index is 0.152. The predicted molar refractivity (Wildman–Crippen MR) is 95.8 cm³/mol. The normalized spacial score (nSPS) is 16.1. The quantitative estimate of drug-likeness (QED) is 0.801. The zero-order chi connectivity index (χ0) is 16.8. The zero-order valence-corrected chi connectivity index (χ0v) is 14.9. The van der Waals surface area contributed by atoms with Crippen molar-refractivity contribution in [2.24, 2.45) is 0 Å². The third kappa shape index (κ3) is 4.89. The van der Waals surface area contributed by atoms with Crippen LogP contribution in [0.25, 0.3) is 0 Å². The van der Waals surface area contributed by atoms with Crippen LogP contribution in [-0.2, 0) is 11.3 Å². The van der Waals surface area contributed by atoms with Gasteiger partial charge in [0.1, 0.15) is 0 Å². The summed E-state index contributed by atoms with van der Waals surface area (Å²) in [7, 11) is 0. The van der Waals surface area contributed by atoms with Gasteiger partial charge in [-0.25, -0.2) is 0 Å². The molecule has 1 fully saturated rings. The van der Waals surface area contributed by atoms with Crippen LogP contribution in [-0.4, -0.2) is 62.8 Å². The summed E-state index contributed by atoms with van der Waals surface area (Å²) < 4.78 is 0.745. The van der Waals surface area contributed by atoms with Gasteiger partial charge in [-0.1, -0.05) is 23.1 Å². The van der Waals surface area contributed by atoms with Crippen LogP contribution in [0.5, 0.6) is 0 Å². The van der Waals surface area contributed by atoms with Crippen molar-refractivity contribution in [2.45, 2.75) is 17.3 Å². The molecular weight excluding hydrogens is 344 g/mol. The monoisotopic (exact) mass is 364 g/mol. The highest BCUT2D eigenvalue weighted by Crippen LogP contribution is 2.23. The van der Waals surface area contributed by atoms with E-state index in [1.54, 1.807) is 0 Å². The van der Waals surface area contributed by atoms with Gasteiger partial charge in [0.15, 0.2) is 4.34 Å². The highest BCUT2D eigenvalue weighted by molar-refractivity contribution is 8.01. The average molecular weight is 365 g/mol. The summed E-state index contributed by atoms with van der Waals surface area (Å²) in [6.45, 7) is 4.38. The van der Waals surface area contributed by atoms with Crippen LogP contribution in [0.15, 0.2) is 28.9 Å². The Balaban J connectivity index is 1.46. The van der Waals surface area contributed by atoms with Gasteiger partial charge in [0.25, 0.3) is 0 Å². The Morgan fingerprint density at radius 3 is 2.79 bits per heavy atom. The van der Waals surface area contributed by atoms with Crippen LogP contribution in [0.4, 0.5) is 5.13 Å². The summed E-state index contributed by atoms with van der Waals surface area (Å²) in [6, 6.07) is 4.08. The third-order valence-electron chi connectivity index (χ3n) is 3.84. The van der Waals surface area contributed by atoms with E-state index in [-0.39, 0.29) is 5.91 Å². The van der Waals surface area contributed by atoms with Gasteiger partial charge >= 0.3 is 0 Å². The smallest absolute Gasteiger partial charge is 0.233 e. The highest BCUT2D eigenvalue weighted by atomic mass is 32.2. The number of nitrogen functional groups attached to an aromatic ring is 1. The van der Waals surface area contributed by atoms with Crippen molar-refractivity contribution in [3.63, 3.8) is 0 Å². The minimum atomic E-state index is 0.152. The molecule has 0 unspecified atom stereocenters. The molecular formula is C15H20N6OS2. The number of anilines is 1. The van der Waals surface area contributed by atoms with Crippen molar-refractivity contribution in [2.75, 3.05) is 37.7 Å². The first-order valence-electron chi connectivity index (χ1n) is 7.81. The molecule has 9 heteroatoms. The second-order valence-corrected chi connectivity index (χ2v) is 7.79. The number of nitrogens with zero attached hydrogens (tertiary/aromatic N) is 5. The fourth-order valence-electron chi connectivity index (χ4n) is 2.62. The van der Waals surface area contributed by atoms with Gasteiger partial charge in [-0.3, -0.25) is 14.7 Å². The number of rotatable bonds is 5. The Morgan fingerprint density at radius 1 is 1.21 bits per heavy atom. The molecule has 1 amide bonds. The van der Waals surface area contributed by atoms with E-state index in [2.05, 4.69) is 20.1 Å². The lowest BCUT2D eigenvalue weighted by molar-refractivity contribution is -0.128. The fraction of sp³-hybridized carbons (Fsp3) is 0.467. The van der Waals surface area contributed by atoms with E-state index >= 15 is 0 Å². The van der Waals surface area contributed by atoms with E-state index in [9.17, 15) is 4.79 Å². The molecule has 24 heavy (non-hydrogen) atoms.